The fourth-order valence-electron chi connectivity index (χ4n) is 2.68. The van der Waals surface area contributed by atoms with Crippen molar-refractivity contribution in [2.45, 2.75) is 41.9 Å². The predicted octanol–water partition coefficient (Wildman–Crippen LogP) is -3.52. The summed E-state index contributed by atoms with van der Waals surface area (Å²) in [6.07, 6.45) is 0. The largest absolute Gasteiger partial charge is 1.00 e. The molecule has 0 fully saturated rings. The van der Waals surface area contributed by atoms with Crippen molar-refractivity contribution in [1.29, 1.82) is 0 Å². The summed E-state index contributed by atoms with van der Waals surface area (Å²) >= 11 is 0. The molecular weight excluding hydrogens is 716 g/mol. The first-order valence-electron chi connectivity index (χ1n) is 9.01. The molecular formula is C16H6F10Na2O10S4. The van der Waals surface area contributed by atoms with Gasteiger partial charge in [-0.25, -0.2) is 42.5 Å². The number of hydrogen-bond donors (Lipinski definition) is 0. The summed E-state index contributed by atoms with van der Waals surface area (Å²) in [5.74, 6) is -20.2. The molecule has 0 N–H and O–H groups in total. The van der Waals surface area contributed by atoms with Gasteiger partial charge in [0.15, 0.2) is 0 Å². The Morgan fingerprint density at radius 2 is 0.738 bits per heavy atom. The van der Waals surface area contributed by atoms with Crippen molar-refractivity contribution in [2.24, 2.45) is 0 Å². The molecule has 2 aromatic rings. The van der Waals surface area contributed by atoms with E-state index in [0.29, 0.717) is 0 Å². The van der Waals surface area contributed by atoms with Crippen molar-refractivity contribution in [2.75, 3.05) is 0 Å². The van der Waals surface area contributed by atoms with Crippen molar-refractivity contribution in [3.63, 3.8) is 0 Å². The van der Waals surface area contributed by atoms with Crippen LogP contribution in [-0.4, -0.2) is 65.1 Å². The second-order valence-corrected chi connectivity index (χ2v) is 14.0. The second kappa shape index (κ2) is 12.3. The van der Waals surface area contributed by atoms with Crippen LogP contribution in [0.2, 0.25) is 0 Å². The summed E-state index contributed by atoms with van der Waals surface area (Å²) in [5, 5.41) is -15.0. The fourth-order valence-corrected chi connectivity index (χ4v) is 6.55. The normalized spacial score (nSPS) is 14.1. The second-order valence-electron chi connectivity index (χ2n) is 7.28. The van der Waals surface area contributed by atoms with Crippen LogP contribution >= 0.6 is 0 Å². The van der Waals surface area contributed by atoms with Gasteiger partial charge in [0.2, 0.25) is 19.7 Å². The number of sulfone groups is 2. The van der Waals surface area contributed by atoms with Crippen molar-refractivity contribution in [1.82, 2.24) is 0 Å². The molecule has 0 bridgehead atoms. The Balaban J connectivity index is 0.00000840. The zero-order valence-corrected chi connectivity index (χ0v) is 27.2. The quantitative estimate of drug-likeness (QED) is 0.109. The molecule has 0 amide bonds. The van der Waals surface area contributed by atoms with Crippen LogP contribution in [0.3, 0.4) is 0 Å². The molecule has 2 rings (SSSR count). The first-order chi connectivity index (χ1) is 17.5. The van der Waals surface area contributed by atoms with E-state index in [-0.39, 0.29) is 71.2 Å². The monoisotopic (exact) mass is 722 g/mol. The van der Waals surface area contributed by atoms with Crippen molar-refractivity contribution < 1.29 is 146 Å². The van der Waals surface area contributed by atoms with Gasteiger partial charge in [0.25, 0.3) is 0 Å². The number of benzene rings is 2. The zero-order valence-electron chi connectivity index (χ0n) is 20.0. The molecule has 0 aliphatic carbocycles. The SMILES string of the molecule is O=S(=O)([O-])c1cc(S(=O)(=O)C(F)(F)C(F)(F)C(F)(F)C(F)(F)S(=O)(=O)c2ccc(F)c(S(=O)(=O)[O-])c2)ccc1F.[Na+].[Na+]. The number of halogens is 10. The van der Waals surface area contributed by atoms with Gasteiger partial charge in [-0.05, 0) is 36.4 Å². The molecule has 0 atom stereocenters. The van der Waals surface area contributed by atoms with Crippen LogP contribution in [0.15, 0.2) is 56.0 Å². The summed E-state index contributed by atoms with van der Waals surface area (Å²) in [5.41, 5.74) is 0. The minimum atomic E-state index is -7.96. The van der Waals surface area contributed by atoms with Gasteiger partial charge in [0, 0.05) is 0 Å². The third kappa shape index (κ3) is 6.54. The van der Waals surface area contributed by atoms with Gasteiger partial charge in [-0.3, -0.25) is 0 Å². The van der Waals surface area contributed by atoms with Gasteiger partial charge in [-0.2, -0.15) is 35.1 Å². The molecule has 2 aromatic carbocycles. The Morgan fingerprint density at radius 3 is 0.952 bits per heavy atom. The molecule has 0 spiro atoms. The summed E-state index contributed by atoms with van der Waals surface area (Å²) < 4.78 is 256. The van der Waals surface area contributed by atoms with Crippen LogP contribution in [0, 0.1) is 11.6 Å². The van der Waals surface area contributed by atoms with Crippen molar-refractivity contribution in [3.05, 3.63) is 48.0 Å². The molecule has 226 valence electrons. The number of hydrogen-bond acceptors (Lipinski definition) is 10. The standard InChI is InChI=1S/C16H8F10O10S4.2Na/c17-9-3-1-7(5-11(9)39(31,32)33)37(27,28)15(23,24)13(19,20)14(21,22)16(25,26)38(29,30)8-2-4-10(18)12(6-8)40(34,35)36;;/h1-6H,(H,31,32,33)(H,34,35,36);;/q;2*+1/p-2. The number of alkyl halides is 8. The number of rotatable bonds is 9. The fraction of sp³-hybridized carbons (Fsp3) is 0.250. The van der Waals surface area contributed by atoms with E-state index >= 15 is 0 Å². The molecule has 0 aromatic heterocycles. The maximum absolute atomic E-state index is 14.4. The topological polar surface area (TPSA) is 183 Å². The van der Waals surface area contributed by atoms with Crippen LogP contribution in [0.25, 0.3) is 0 Å². The van der Waals surface area contributed by atoms with E-state index in [1.54, 1.807) is 0 Å². The Kier molecular flexibility index (Phi) is 12.2. The Hall–Kier alpha value is -0.540. The molecule has 0 heterocycles. The van der Waals surface area contributed by atoms with Crippen LogP contribution in [0.5, 0.6) is 0 Å². The maximum atomic E-state index is 14.4. The third-order valence-electron chi connectivity index (χ3n) is 4.77. The summed E-state index contributed by atoms with van der Waals surface area (Å²) in [6.45, 7) is 0. The van der Waals surface area contributed by atoms with Crippen LogP contribution in [-0.2, 0) is 39.9 Å². The van der Waals surface area contributed by atoms with Gasteiger partial charge in [-0.15, -0.1) is 0 Å². The van der Waals surface area contributed by atoms with E-state index in [9.17, 15) is 86.7 Å². The summed E-state index contributed by atoms with van der Waals surface area (Å²) in [6, 6.07) is -3.38. The molecule has 0 aliphatic heterocycles. The summed E-state index contributed by atoms with van der Waals surface area (Å²) in [7, 11) is -27.2. The van der Waals surface area contributed by atoms with Crippen molar-refractivity contribution in [3.8, 4) is 0 Å². The van der Waals surface area contributed by atoms with E-state index < -0.39 is 118 Å². The third-order valence-corrected chi connectivity index (χ3v) is 10.1. The zero-order chi connectivity index (χ0) is 31.7. The maximum Gasteiger partial charge on any atom is 1.00 e. The molecule has 42 heavy (non-hydrogen) atoms. The molecule has 10 nitrogen and oxygen atoms in total. The molecule has 0 saturated carbocycles. The Bertz CT molecular complexity index is 1680. The molecule has 0 aliphatic rings. The van der Waals surface area contributed by atoms with Crippen LogP contribution in [0.4, 0.5) is 43.9 Å². The summed E-state index contributed by atoms with van der Waals surface area (Å²) in [4.78, 5) is -9.57. The molecule has 0 unspecified atom stereocenters. The smallest absolute Gasteiger partial charge is 0.744 e. The Labute approximate surface area is 273 Å². The van der Waals surface area contributed by atoms with E-state index in [2.05, 4.69) is 0 Å². The minimum absolute atomic E-state index is 0. The molecule has 26 heteroatoms. The van der Waals surface area contributed by atoms with E-state index in [1.165, 1.54) is 0 Å². The predicted molar refractivity (Wildman–Crippen MR) is 103 cm³/mol. The van der Waals surface area contributed by atoms with Crippen molar-refractivity contribution >= 4 is 39.9 Å². The van der Waals surface area contributed by atoms with Gasteiger partial charge in [0.1, 0.15) is 31.9 Å². The van der Waals surface area contributed by atoms with Gasteiger partial charge >= 0.3 is 81.5 Å². The first-order valence-corrected chi connectivity index (χ1v) is 14.8. The molecule has 0 saturated heterocycles. The average Bonchev–Trinajstić information content (AvgIpc) is 2.77. The van der Waals surface area contributed by atoms with Gasteiger partial charge < -0.3 is 9.11 Å². The van der Waals surface area contributed by atoms with Gasteiger partial charge in [0.05, 0.1) is 19.6 Å². The van der Waals surface area contributed by atoms with Crippen LogP contribution < -0.4 is 59.1 Å². The Morgan fingerprint density at radius 1 is 0.500 bits per heavy atom. The van der Waals surface area contributed by atoms with E-state index in [4.69, 9.17) is 0 Å². The first kappa shape index (κ1) is 41.5. The minimum Gasteiger partial charge on any atom is -0.744 e. The van der Waals surface area contributed by atoms with E-state index in [0.717, 1.165) is 0 Å². The van der Waals surface area contributed by atoms with Crippen LogP contribution in [0.1, 0.15) is 0 Å². The average molecular weight is 722 g/mol. The van der Waals surface area contributed by atoms with Gasteiger partial charge in [-0.1, -0.05) is 0 Å². The molecule has 0 radical (unpaired) electrons. The van der Waals surface area contributed by atoms with E-state index in [1.807, 2.05) is 0 Å².